The van der Waals surface area contributed by atoms with E-state index in [1.807, 2.05) is 72.9 Å². The van der Waals surface area contributed by atoms with Crippen LogP contribution in [0.15, 0.2) is 94.7 Å². The number of nitrogen functional groups attached to an aromatic ring is 2. The number of cyclic esters (lactones) is 1. The number of benzene rings is 2. The lowest BCUT2D eigenvalue weighted by Crippen LogP contribution is -2.61. The molecule has 2 saturated heterocycles. The number of fused-ring (bicyclic) bond motifs is 6. The SMILES string of the molecule is CO[C@H]1C[C@@H]2CC[C@@H](C)[C@@](O)(O2)C(=O)C(=O)N2CCCC[C@H]2C(=O)O[C@H]([C@H](C)C[C@@H]2CC[C@@H](OC(=O)NCCOCCOCCOCCOCCOCCOCCC(=O)N3CCc4cc(Cn5nc(-c6ccc7oc(N)nc7c6)c6c(N)ncnc65)ccc4C3)[C@H](OC)C2)CC(=O)[C@H](C)/C=C(\C)[C@@H](O)[C@@H](OC)C(=O)[C@H](C)C[C@H](C)/C=C/C=C/C=C/1C. The number of ether oxygens (including phenoxy) is 12. The van der Waals surface area contributed by atoms with Crippen molar-refractivity contribution in [1.82, 2.24) is 39.8 Å². The lowest BCUT2D eigenvalue weighted by atomic mass is 9.78. The molecule has 3 fully saturated rings. The smallest absolute Gasteiger partial charge is 0.407 e. The standard InChI is InChI=1S/C89H126N10O22/c1-55-16-12-11-13-17-56(2)73(109-8)50-67-24-19-61(7)89(108,121-67)82(104)85(105)98-30-15-14-18-69(98)86(106)118-74(51-70(100)57(3)45-60(6)80(103)81(111-10)79(102)59(5)44-55)58(4)46-62-21-25-72(75(48-62)110-9)120-88(107)92-29-33-113-35-37-115-39-41-117-43-42-116-40-38-114-36-34-112-32-28-76(101)97-31-27-64-47-63(20-22-66(64)53-97)52-99-84-77(83(90)93-54-94-84)78(96-99)65-23-26-71-68(49-65)95-87(91)119-71/h11-13,16-17,20,22-23,26,45,47,49,54-55,57-59,61-62,67,69,72-75,80-81,103,108H,14-15,18-19,21,24-25,27-44,46,48,50-53H2,1-10H3,(H2,91,95)(H,92,107)(H2,90,93,94)/b13-11+,16-12+,56-17+,60-45+/t55-,57-,58-,59-,61-,62+,67+,69+,72-,73+,74+,75-,80-,81+,89-/m1/s1. The zero-order valence-corrected chi connectivity index (χ0v) is 71.9. The number of ketones is 3. The molecule has 0 unspecified atom stereocenters. The normalized spacial score (nSPS) is 27.7. The number of nitrogens with two attached hydrogens (primary N) is 2. The summed E-state index contributed by atoms with van der Waals surface area (Å²) in [4.78, 5) is 115. The van der Waals surface area contributed by atoms with Crippen molar-refractivity contribution >= 4 is 75.2 Å². The highest BCUT2D eigenvalue weighted by atomic mass is 16.6. The van der Waals surface area contributed by atoms with Crippen LogP contribution < -0.4 is 16.8 Å². The van der Waals surface area contributed by atoms with E-state index in [-0.39, 0.29) is 87.3 Å². The molecule has 10 rings (SSSR count). The number of aliphatic hydroxyl groups excluding tert-OH is 1. The van der Waals surface area contributed by atoms with Crippen LogP contribution >= 0.6 is 0 Å². The molecule has 32 nitrogen and oxygen atoms in total. The third kappa shape index (κ3) is 26.4. The van der Waals surface area contributed by atoms with Gasteiger partial charge in [0.2, 0.25) is 11.7 Å². The Kier molecular flexibility index (Phi) is 36.4. The molecule has 5 aliphatic rings. The molecule has 3 aromatic heterocycles. The summed E-state index contributed by atoms with van der Waals surface area (Å²) in [5.74, 6) is -8.32. The number of amides is 3. The number of carbonyl (C=O) groups excluding carboxylic acids is 7. The van der Waals surface area contributed by atoms with Gasteiger partial charge < -0.3 is 98.1 Å². The highest BCUT2D eigenvalue weighted by Gasteiger charge is 2.53. The van der Waals surface area contributed by atoms with Crippen LogP contribution in [0, 0.1) is 35.5 Å². The fourth-order valence-electron chi connectivity index (χ4n) is 16.7. The van der Waals surface area contributed by atoms with E-state index >= 15 is 0 Å². The number of oxazole rings is 1. The highest BCUT2D eigenvalue weighted by Crippen LogP contribution is 2.40. The second-order valence-corrected chi connectivity index (χ2v) is 32.7. The molecule has 5 aromatic rings. The Morgan fingerprint density at radius 1 is 0.744 bits per heavy atom. The van der Waals surface area contributed by atoms with Gasteiger partial charge in [0, 0.05) is 83.7 Å². The summed E-state index contributed by atoms with van der Waals surface area (Å²) < 4.78 is 77.2. The van der Waals surface area contributed by atoms with E-state index in [0.717, 1.165) is 28.7 Å². The number of carbonyl (C=O) groups is 7. The molecular weight excluding hydrogens is 1560 g/mol. The van der Waals surface area contributed by atoms with Gasteiger partial charge in [-0.05, 0) is 148 Å². The number of aromatic nitrogens is 5. The van der Waals surface area contributed by atoms with Crippen molar-refractivity contribution in [3.05, 3.63) is 107 Å². The maximum absolute atomic E-state index is 14.8. The molecule has 0 radical (unpaired) electrons. The Balaban J connectivity index is 0.589. The van der Waals surface area contributed by atoms with E-state index < -0.39 is 102 Å². The molecule has 121 heavy (non-hydrogen) atoms. The van der Waals surface area contributed by atoms with Gasteiger partial charge in [-0.25, -0.2) is 24.2 Å². The largest absolute Gasteiger partial charge is 0.460 e. The number of hydrogen-bond donors (Lipinski definition) is 5. The second-order valence-electron chi connectivity index (χ2n) is 32.7. The number of methoxy groups -OCH3 is 3. The maximum atomic E-state index is 14.8. The Bertz CT molecular complexity index is 4390. The van der Waals surface area contributed by atoms with E-state index in [1.165, 1.54) is 23.9 Å². The van der Waals surface area contributed by atoms with Crippen LogP contribution in [0.4, 0.5) is 16.6 Å². The number of nitrogens with one attached hydrogen (secondary N) is 1. The Morgan fingerprint density at radius 2 is 1.45 bits per heavy atom. The summed E-state index contributed by atoms with van der Waals surface area (Å²) in [6.45, 7) is 18.4. The molecule has 4 aliphatic heterocycles. The quantitative estimate of drug-likeness (QED) is 0.0119. The summed E-state index contributed by atoms with van der Waals surface area (Å²) in [5, 5.41) is 32.1. The van der Waals surface area contributed by atoms with Crippen molar-refractivity contribution in [3.8, 4) is 11.3 Å². The molecule has 15 atom stereocenters. The molecule has 0 spiro atoms. The van der Waals surface area contributed by atoms with Crippen molar-refractivity contribution in [3.63, 3.8) is 0 Å². The van der Waals surface area contributed by atoms with Gasteiger partial charge in [-0.15, -0.1) is 0 Å². The van der Waals surface area contributed by atoms with Crippen molar-refractivity contribution in [2.45, 2.75) is 206 Å². The van der Waals surface area contributed by atoms with E-state index in [2.05, 4.69) is 38.5 Å². The lowest BCUT2D eigenvalue weighted by molar-refractivity contribution is -0.265. The number of nitrogens with zero attached hydrogens (tertiary/aromatic N) is 7. The van der Waals surface area contributed by atoms with E-state index in [4.69, 9.17) is 77.8 Å². The zero-order chi connectivity index (χ0) is 86.7. The first-order chi connectivity index (χ1) is 58.3. The predicted octanol–water partition coefficient (Wildman–Crippen LogP) is 9.15. The van der Waals surface area contributed by atoms with E-state index in [0.29, 0.717) is 183 Å². The molecule has 32 heteroatoms. The Morgan fingerprint density at radius 3 is 2.16 bits per heavy atom. The Labute approximate surface area is 708 Å². The average Bonchev–Trinajstić information content (AvgIpc) is 1.63. The first kappa shape index (κ1) is 94.5. The summed E-state index contributed by atoms with van der Waals surface area (Å²) in [6.07, 6.45) is 11.7. The minimum atomic E-state index is -2.48. The molecular formula is C89H126N10O22. The minimum absolute atomic E-state index is 0.0191. The molecule has 1 aliphatic carbocycles. The van der Waals surface area contributed by atoms with Gasteiger partial charge >= 0.3 is 12.1 Å². The topological polar surface area (TPSA) is 411 Å². The first-order valence-electron chi connectivity index (χ1n) is 42.7. The number of rotatable bonds is 31. The van der Waals surface area contributed by atoms with Crippen LogP contribution in [0.1, 0.15) is 149 Å². The number of piperidine rings is 1. The molecule has 1 saturated carbocycles. The molecule has 3 amide bonds. The monoisotopic (exact) mass is 1690 g/mol. The van der Waals surface area contributed by atoms with E-state index in [1.54, 1.807) is 54.1 Å². The number of Topliss-reactive ketones (excluding diaryl/α,β-unsaturated/α-hetero) is 3. The fourth-order valence-corrected chi connectivity index (χ4v) is 16.7. The van der Waals surface area contributed by atoms with Crippen molar-refractivity contribution in [2.24, 2.45) is 35.5 Å². The second kappa shape index (κ2) is 46.6. The van der Waals surface area contributed by atoms with Crippen LogP contribution in [0.3, 0.4) is 0 Å². The third-order valence-corrected chi connectivity index (χ3v) is 23.8. The van der Waals surface area contributed by atoms with Crippen LogP contribution in [0.5, 0.6) is 0 Å². The predicted molar refractivity (Wildman–Crippen MR) is 449 cm³/mol. The van der Waals surface area contributed by atoms with Crippen LogP contribution in [-0.2, 0) is 105 Å². The van der Waals surface area contributed by atoms with Crippen LogP contribution in [-0.4, -0.2) is 261 Å². The maximum Gasteiger partial charge on any atom is 0.407 e. The molecule has 2 bridgehead atoms. The van der Waals surface area contributed by atoms with E-state index in [9.17, 15) is 43.8 Å². The summed E-state index contributed by atoms with van der Waals surface area (Å²) in [7, 11) is 4.49. The summed E-state index contributed by atoms with van der Waals surface area (Å²) >= 11 is 0. The van der Waals surface area contributed by atoms with Gasteiger partial charge in [0.05, 0.1) is 116 Å². The Hall–Kier alpha value is -8.77. The molecule has 664 valence electrons. The van der Waals surface area contributed by atoms with Crippen LogP contribution in [0.25, 0.3) is 33.4 Å². The third-order valence-electron chi connectivity index (χ3n) is 23.8. The van der Waals surface area contributed by atoms with Crippen LogP contribution in [0.2, 0.25) is 0 Å². The number of anilines is 2. The van der Waals surface area contributed by atoms with Gasteiger partial charge in [-0.2, -0.15) is 10.1 Å². The minimum Gasteiger partial charge on any atom is -0.460 e. The first-order valence-corrected chi connectivity index (χ1v) is 42.7. The lowest BCUT2D eigenvalue weighted by Gasteiger charge is -2.42. The average molecular weight is 1690 g/mol. The van der Waals surface area contributed by atoms with Gasteiger partial charge in [0.1, 0.15) is 59.6 Å². The number of esters is 1. The fraction of sp³-hybridized carbons (Fsp3) is 0.629. The molecule has 2 aromatic carbocycles. The van der Waals surface area contributed by atoms with Gasteiger partial charge in [0.15, 0.2) is 17.0 Å². The number of hydrogen-bond acceptors (Lipinski definition) is 28. The number of allylic oxidation sites excluding steroid dienone is 6. The summed E-state index contributed by atoms with van der Waals surface area (Å²) in [5.41, 5.74) is 19.9. The highest BCUT2D eigenvalue weighted by molar-refractivity contribution is 6.39. The molecule has 7 N–H and O–H groups in total. The zero-order valence-electron chi connectivity index (χ0n) is 71.9. The summed E-state index contributed by atoms with van der Waals surface area (Å²) in [6, 6.07) is 10.7. The van der Waals surface area contributed by atoms with Gasteiger partial charge in [-0.3, -0.25) is 24.0 Å². The molecule has 7 heterocycles. The van der Waals surface area contributed by atoms with Gasteiger partial charge in [-0.1, -0.05) is 89.3 Å². The number of alkyl carbamates (subject to hydrolysis) is 1. The number of aliphatic hydroxyl groups is 2. The van der Waals surface area contributed by atoms with Gasteiger partial charge in [0.25, 0.3) is 17.7 Å². The van der Waals surface area contributed by atoms with Crippen molar-refractivity contribution < 1.29 is 105 Å². The van der Waals surface area contributed by atoms with Crippen molar-refractivity contribution in [2.75, 3.05) is 132 Å². The van der Waals surface area contributed by atoms with Crippen molar-refractivity contribution in [1.29, 1.82) is 0 Å².